The molecule has 116 valence electrons. The van der Waals surface area contributed by atoms with E-state index in [2.05, 4.69) is 48.7 Å². The summed E-state index contributed by atoms with van der Waals surface area (Å²) in [5.41, 5.74) is 2.81. The number of likely N-dealkylation sites (N-methyl/N-ethyl adjacent to an activating group) is 1. The molecule has 2 unspecified atom stereocenters. The predicted octanol–water partition coefficient (Wildman–Crippen LogP) is 2.86. The van der Waals surface area contributed by atoms with Crippen molar-refractivity contribution in [3.05, 3.63) is 35.4 Å². The minimum Gasteiger partial charge on any atom is -0.355 e. The number of rotatable bonds is 5. The molecule has 21 heavy (non-hydrogen) atoms. The zero-order valence-corrected chi connectivity index (χ0v) is 13.5. The number of benzene rings is 1. The van der Waals surface area contributed by atoms with Gasteiger partial charge in [-0.2, -0.15) is 0 Å². The molecule has 3 nitrogen and oxygen atoms in total. The zero-order chi connectivity index (χ0) is 15.2. The maximum atomic E-state index is 12.0. The average molecular weight is 288 g/mol. The number of nitrogens with one attached hydrogen (secondary N) is 2. The molecule has 1 amide bonds. The summed E-state index contributed by atoms with van der Waals surface area (Å²) in [6.45, 7) is 8.09. The molecule has 1 aromatic carbocycles. The molecule has 2 rings (SSSR count). The maximum absolute atomic E-state index is 12.0. The van der Waals surface area contributed by atoms with Gasteiger partial charge in [0.15, 0.2) is 0 Å². The summed E-state index contributed by atoms with van der Waals surface area (Å²) in [6, 6.07) is 8.89. The zero-order valence-electron chi connectivity index (χ0n) is 13.5. The van der Waals surface area contributed by atoms with Gasteiger partial charge in [-0.05, 0) is 55.7 Å². The SMILES string of the molecule is CCNC(=O)C1CC(c2cccc(CC(C)C)c2)CCN1. The number of carbonyl (C=O) groups is 1. The van der Waals surface area contributed by atoms with Crippen LogP contribution in [0.5, 0.6) is 0 Å². The van der Waals surface area contributed by atoms with Crippen LogP contribution in [0, 0.1) is 5.92 Å². The fourth-order valence-electron chi connectivity index (χ4n) is 3.16. The highest BCUT2D eigenvalue weighted by molar-refractivity contribution is 5.81. The summed E-state index contributed by atoms with van der Waals surface area (Å²) >= 11 is 0. The van der Waals surface area contributed by atoms with Crippen LogP contribution in [0.4, 0.5) is 0 Å². The third kappa shape index (κ3) is 4.57. The van der Waals surface area contributed by atoms with Gasteiger partial charge in [0, 0.05) is 6.54 Å². The molecule has 1 aliphatic heterocycles. The van der Waals surface area contributed by atoms with Crippen molar-refractivity contribution in [3.63, 3.8) is 0 Å². The molecule has 1 aromatic rings. The van der Waals surface area contributed by atoms with E-state index in [0.29, 0.717) is 18.4 Å². The molecule has 1 saturated heterocycles. The lowest BCUT2D eigenvalue weighted by atomic mass is 9.85. The Kier molecular flexibility index (Phi) is 5.80. The van der Waals surface area contributed by atoms with E-state index in [1.54, 1.807) is 0 Å². The third-order valence-corrected chi connectivity index (χ3v) is 4.14. The molecule has 1 fully saturated rings. The molecular weight excluding hydrogens is 260 g/mol. The highest BCUT2D eigenvalue weighted by Gasteiger charge is 2.27. The summed E-state index contributed by atoms with van der Waals surface area (Å²) in [7, 11) is 0. The first kappa shape index (κ1) is 16.0. The standard InChI is InChI=1S/C18H28N2O/c1-4-19-18(21)17-12-16(8-9-20-17)15-7-5-6-14(11-15)10-13(2)3/h5-7,11,13,16-17,20H,4,8-10,12H2,1-3H3,(H,19,21). The number of piperidine rings is 1. The van der Waals surface area contributed by atoms with Crippen molar-refractivity contribution in [1.29, 1.82) is 0 Å². The van der Waals surface area contributed by atoms with Crippen LogP contribution in [0.2, 0.25) is 0 Å². The largest absolute Gasteiger partial charge is 0.355 e. The molecule has 3 heteroatoms. The molecular formula is C18H28N2O. The highest BCUT2D eigenvalue weighted by atomic mass is 16.2. The molecule has 2 N–H and O–H groups in total. The Morgan fingerprint density at radius 1 is 1.43 bits per heavy atom. The Labute approximate surface area is 128 Å². The van der Waals surface area contributed by atoms with Crippen LogP contribution >= 0.6 is 0 Å². The molecule has 0 aliphatic carbocycles. The van der Waals surface area contributed by atoms with Gasteiger partial charge in [-0.3, -0.25) is 4.79 Å². The van der Waals surface area contributed by atoms with Crippen molar-refractivity contribution in [1.82, 2.24) is 10.6 Å². The van der Waals surface area contributed by atoms with E-state index >= 15 is 0 Å². The van der Waals surface area contributed by atoms with E-state index in [4.69, 9.17) is 0 Å². The topological polar surface area (TPSA) is 41.1 Å². The van der Waals surface area contributed by atoms with Gasteiger partial charge in [0.1, 0.15) is 0 Å². The minimum atomic E-state index is -0.0440. The van der Waals surface area contributed by atoms with E-state index in [-0.39, 0.29) is 11.9 Å². The van der Waals surface area contributed by atoms with Gasteiger partial charge in [-0.25, -0.2) is 0 Å². The number of amides is 1. The van der Waals surface area contributed by atoms with Gasteiger partial charge < -0.3 is 10.6 Å². The van der Waals surface area contributed by atoms with E-state index < -0.39 is 0 Å². The molecule has 1 aliphatic rings. The fourth-order valence-corrected chi connectivity index (χ4v) is 3.16. The van der Waals surface area contributed by atoms with Gasteiger partial charge in [0.25, 0.3) is 0 Å². The van der Waals surface area contributed by atoms with E-state index in [9.17, 15) is 4.79 Å². The molecule has 0 saturated carbocycles. The van der Waals surface area contributed by atoms with E-state index in [1.807, 2.05) is 6.92 Å². The Hall–Kier alpha value is -1.35. The minimum absolute atomic E-state index is 0.0440. The first-order chi connectivity index (χ1) is 10.1. The van der Waals surface area contributed by atoms with Crippen molar-refractivity contribution in [2.75, 3.05) is 13.1 Å². The van der Waals surface area contributed by atoms with Gasteiger partial charge in [-0.1, -0.05) is 38.1 Å². The van der Waals surface area contributed by atoms with Crippen LogP contribution in [0.1, 0.15) is 50.7 Å². The number of carbonyl (C=O) groups excluding carboxylic acids is 1. The molecule has 0 radical (unpaired) electrons. The summed E-state index contributed by atoms with van der Waals surface area (Å²) in [5.74, 6) is 1.31. The Morgan fingerprint density at radius 2 is 2.24 bits per heavy atom. The van der Waals surface area contributed by atoms with Crippen LogP contribution in [0.3, 0.4) is 0 Å². The number of hydrogen-bond acceptors (Lipinski definition) is 2. The van der Waals surface area contributed by atoms with Crippen molar-refractivity contribution < 1.29 is 4.79 Å². The van der Waals surface area contributed by atoms with Crippen molar-refractivity contribution in [2.45, 2.75) is 52.0 Å². The first-order valence-corrected chi connectivity index (χ1v) is 8.20. The number of hydrogen-bond donors (Lipinski definition) is 2. The predicted molar refractivity (Wildman–Crippen MR) is 87.4 cm³/mol. The van der Waals surface area contributed by atoms with Gasteiger partial charge in [0.2, 0.25) is 5.91 Å². The monoisotopic (exact) mass is 288 g/mol. The van der Waals surface area contributed by atoms with Crippen molar-refractivity contribution >= 4 is 5.91 Å². The normalized spacial score (nSPS) is 22.3. The van der Waals surface area contributed by atoms with Crippen molar-refractivity contribution in [3.8, 4) is 0 Å². The summed E-state index contributed by atoms with van der Waals surface area (Å²) in [4.78, 5) is 12.0. The van der Waals surface area contributed by atoms with Gasteiger partial charge >= 0.3 is 0 Å². The smallest absolute Gasteiger partial charge is 0.237 e. The second kappa shape index (κ2) is 7.60. The molecule has 0 spiro atoms. The average Bonchev–Trinajstić information content (AvgIpc) is 2.47. The molecule has 0 aromatic heterocycles. The Morgan fingerprint density at radius 3 is 2.95 bits per heavy atom. The lowest BCUT2D eigenvalue weighted by Gasteiger charge is -2.30. The highest BCUT2D eigenvalue weighted by Crippen LogP contribution is 2.28. The van der Waals surface area contributed by atoms with Gasteiger partial charge in [-0.15, -0.1) is 0 Å². The van der Waals surface area contributed by atoms with Crippen LogP contribution in [0.15, 0.2) is 24.3 Å². The Bertz CT molecular complexity index is 470. The summed E-state index contributed by atoms with van der Waals surface area (Å²) in [6.07, 6.45) is 3.14. The van der Waals surface area contributed by atoms with Crippen LogP contribution in [-0.2, 0) is 11.2 Å². The maximum Gasteiger partial charge on any atom is 0.237 e. The molecule has 1 heterocycles. The second-order valence-corrected chi connectivity index (χ2v) is 6.47. The summed E-state index contributed by atoms with van der Waals surface area (Å²) in [5, 5.41) is 6.26. The second-order valence-electron chi connectivity index (χ2n) is 6.47. The van der Waals surface area contributed by atoms with Crippen LogP contribution < -0.4 is 10.6 Å². The van der Waals surface area contributed by atoms with Crippen LogP contribution in [-0.4, -0.2) is 25.0 Å². The molecule has 2 atom stereocenters. The third-order valence-electron chi connectivity index (χ3n) is 4.14. The first-order valence-electron chi connectivity index (χ1n) is 8.20. The van der Waals surface area contributed by atoms with Crippen LogP contribution in [0.25, 0.3) is 0 Å². The van der Waals surface area contributed by atoms with E-state index in [1.165, 1.54) is 11.1 Å². The lowest BCUT2D eigenvalue weighted by molar-refractivity contribution is -0.123. The lowest BCUT2D eigenvalue weighted by Crippen LogP contribution is -2.48. The Balaban J connectivity index is 2.05. The quantitative estimate of drug-likeness (QED) is 0.875. The fraction of sp³-hybridized carbons (Fsp3) is 0.611. The van der Waals surface area contributed by atoms with Crippen molar-refractivity contribution in [2.24, 2.45) is 5.92 Å². The summed E-state index contributed by atoms with van der Waals surface area (Å²) < 4.78 is 0. The molecule has 0 bridgehead atoms. The van der Waals surface area contributed by atoms with Gasteiger partial charge in [0.05, 0.1) is 6.04 Å². The van der Waals surface area contributed by atoms with E-state index in [0.717, 1.165) is 25.8 Å².